The minimum absolute atomic E-state index is 0.129. The van der Waals surface area contributed by atoms with Gasteiger partial charge in [0.2, 0.25) is 0 Å². The first-order valence-corrected chi connectivity index (χ1v) is 11.0. The molecule has 0 aliphatic carbocycles. The van der Waals surface area contributed by atoms with E-state index in [4.69, 9.17) is 11.6 Å². The number of piperazine rings is 1. The number of benzene rings is 3. The molecule has 1 fully saturated rings. The van der Waals surface area contributed by atoms with E-state index < -0.39 is 11.2 Å². The zero-order valence-corrected chi connectivity index (χ0v) is 18.5. The molecule has 1 amide bonds. The van der Waals surface area contributed by atoms with E-state index in [1.165, 1.54) is 0 Å². The largest absolute Gasteiger partial charge is 0.368 e. The van der Waals surface area contributed by atoms with Crippen LogP contribution in [0.4, 0.5) is 5.69 Å². The SMILES string of the molecule is O=C(c1ccc2c(=O)n(-c3ccccc3)c(=O)[nH]c2c1)N1CCN(c2cccc(Cl)c2)CC1. The van der Waals surface area contributed by atoms with Gasteiger partial charge in [-0.3, -0.25) is 9.59 Å². The lowest BCUT2D eigenvalue weighted by molar-refractivity contribution is 0.0747. The van der Waals surface area contributed by atoms with Crippen LogP contribution in [-0.4, -0.2) is 46.5 Å². The highest BCUT2D eigenvalue weighted by Gasteiger charge is 2.23. The Kier molecular flexibility index (Phi) is 5.48. The van der Waals surface area contributed by atoms with E-state index in [-0.39, 0.29) is 5.91 Å². The van der Waals surface area contributed by atoms with Crippen LogP contribution in [0.15, 0.2) is 82.4 Å². The van der Waals surface area contributed by atoms with E-state index in [1.807, 2.05) is 30.3 Å². The predicted octanol–water partition coefficient (Wildman–Crippen LogP) is 3.29. The molecule has 0 saturated carbocycles. The highest BCUT2D eigenvalue weighted by molar-refractivity contribution is 6.30. The first kappa shape index (κ1) is 21.0. The number of hydrogen-bond donors (Lipinski definition) is 1. The minimum atomic E-state index is -0.543. The zero-order chi connectivity index (χ0) is 22.9. The van der Waals surface area contributed by atoms with Crippen LogP contribution in [0.2, 0.25) is 5.02 Å². The quantitative estimate of drug-likeness (QED) is 0.509. The fourth-order valence-corrected chi connectivity index (χ4v) is 4.37. The van der Waals surface area contributed by atoms with Crippen molar-refractivity contribution >= 4 is 34.1 Å². The average Bonchev–Trinajstić information content (AvgIpc) is 2.84. The van der Waals surface area contributed by atoms with Gasteiger partial charge in [0.15, 0.2) is 0 Å². The maximum absolute atomic E-state index is 13.1. The number of nitrogens with one attached hydrogen (secondary N) is 1. The predicted molar refractivity (Wildman–Crippen MR) is 130 cm³/mol. The van der Waals surface area contributed by atoms with Gasteiger partial charge in [-0.1, -0.05) is 35.9 Å². The molecule has 1 saturated heterocycles. The zero-order valence-electron chi connectivity index (χ0n) is 17.7. The van der Waals surface area contributed by atoms with Gasteiger partial charge in [-0.15, -0.1) is 0 Å². The van der Waals surface area contributed by atoms with Crippen molar-refractivity contribution in [3.63, 3.8) is 0 Å². The molecule has 0 bridgehead atoms. The Morgan fingerprint density at radius 2 is 1.55 bits per heavy atom. The van der Waals surface area contributed by atoms with Crippen molar-refractivity contribution in [2.45, 2.75) is 0 Å². The maximum atomic E-state index is 13.1. The van der Waals surface area contributed by atoms with Crippen molar-refractivity contribution in [3.05, 3.63) is 104 Å². The van der Waals surface area contributed by atoms with Crippen molar-refractivity contribution in [3.8, 4) is 5.69 Å². The second-order valence-corrected chi connectivity index (χ2v) is 8.36. The molecule has 7 nitrogen and oxygen atoms in total. The number of hydrogen-bond acceptors (Lipinski definition) is 4. The topological polar surface area (TPSA) is 78.4 Å². The number of carbonyl (C=O) groups excluding carboxylic acids is 1. The molecule has 0 atom stereocenters. The first-order valence-electron chi connectivity index (χ1n) is 10.7. The monoisotopic (exact) mass is 460 g/mol. The van der Waals surface area contributed by atoms with Gasteiger partial charge < -0.3 is 14.8 Å². The lowest BCUT2D eigenvalue weighted by Crippen LogP contribution is -2.48. The van der Waals surface area contributed by atoms with Crippen LogP contribution in [0.1, 0.15) is 10.4 Å². The fourth-order valence-electron chi connectivity index (χ4n) is 4.19. The number of nitrogens with zero attached hydrogens (tertiary/aromatic N) is 3. The van der Waals surface area contributed by atoms with Gasteiger partial charge in [0.1, 0.15) is 0 Å². The van der Waals surface area contributed by atoms with Crippen molar-refractivity contribution < 1.29 is 4.79 Å². The summed E-state index contributed by atoms with van der Waals surface area (Å²) >= 11 is 6.10. The molecule has 33 heavy (non-hydrogen) atoms. The minimum Gasteiger partial charge on any atom is -0.368 e. The Labute approximate surface area is 194 Å². The summed E-state index contributed by atoms with van der Waals surface area (Å²) in [5.41, 5.74) is 1.34. The fraction of sp³-hybridized carbons (Fsp3) is 0.160. The second-order valence-electron chi connectivity index (χ2n) is 7.93. The van der Waals surface area contributed by atoms with Crippen LogP contribution in [0.5, 0.6) is 0 Å². The molecule has 1 aliphatic rings. The van der Waals surface area contributed by atoms with Crippen LogP contribution < -0.4 is 16.1 Å². The van der Waals surface area contributed by atoms with E-state index in [1.54, 1.807) is 47.4 Å². The van der Waals surface area contributed by atoms with Crippen LogP contribution in [0, 0.1) is 0 Å². The van der Waals surface area contributed by atoms with Crippen LogP contribution in [0.25, 0.3) is 16.6 Å². The molecule has 1 aromatic heterocycles. The van der Waals surface area contributed by atoms with Crippen LogP contribution in [-0.2, 0) is 0 Å². The molecule has 166 valence electrons. The van der Waals surface area contributed by atoms with Crippen molar-refractivity contribution in [2.24, 2.45) is 0 Å². The van der Waals surface area contributed by atoms with Gasteiger partial charge in [-0.05, 0) is 48.5 Å². The number of carbonyl (C=O) groups is 1. The molecule has 1 N–H and O–H groups in total. The first-order chi connectivity index (χ1) is 16.0. The Hall–Kier alpha value is -3.84. The number of amides is 1. The molecule has 0 unspecified atom stereocenters. The normalized spacial score (nSPS) is 14.0. The number of rotatable bonds is 3. The molecule has 3 aromatic carbocycles. The molecule has 0 spiro atoms. The van der Waals surface area contributed by atoms with Crippen molar-refractivity contribution in [1.82, 2.24) is 14.5 Å². The number of anilines is 1. The number of fused-ring (bicyclic) bond motifs is 1. The highest BCUT2D eigenvalue weighted by Crippen LogP contribution is 2.21. The highest BCUT2D eigenvalue weighted by atomic mass is 35.5. The molecular weight excluding hydrogens is 440 g/mol. The van der Waals surface area contributed by atoms with Gasteiger partial charge in [-0.2, -0.15) is 0 Å². The summed E-state index contributed by atoms with van der Waals surface area (Å²) in [6, 6.07) is 21.2. The summed E-state index contributed by atoms with van der Waals surface area (Å²) < 4.78 is 1.10. The lowest BCUT2D eigenvalue weighted by atomic mass is 10.1. The van der Waals surface area contributed by atoms with E-state index >= 15 is 0 Å². The van der Waals surface area contributed by atoms with Crippen LogP contribution >= 0.6 is 11.6 Å². The Balaban J connectivity index is 1.39. The molecular formula is C25H21ClN4O3. The number of aromatic nitrogens is 2. The van der Waals surface area contributed by atoms with Gasteiger partial charge in [0, 0.05) is 42.5 Å². The summed E-state index contributed by atoms with van der Waals surface area (Å²) in [4.78, 5) is 45.4. The summed E-state index contributed by atoms with van der Waals surface area (Å²) in [6.07, 6.45) is 0. The summed E-state index contributed by atoms with van der Waals surface area (Å²) in [5, 5.41) is 1.03. The number of H-pyrrole nitrogens is 1. The summed E-state index contributed by atoms with van der Waals surface area (Å²) in [6.45, 7) is 2.52. The van der Waals surface area contributed by atoms with E-state index in [2.05, 4.69) is 9.88 Å². The standard InChI is InChI=1S/C25H21ClN4O3/c26-18-5-4-8-20(16-18)28-11-13-29(14-12-28)23(31)17-9-10-21-22(15-17)27-25(33)30(24(21)32)19-6-2-1-3-7-19/h1-10,15-16H,11-14H2,(H,27,33). The lowest BCUT2D eigenvalue weighted by Gasteiger charge is -2.36. The van der Waals surface area contributed by atoms with Crippen LogP contribution in [0.3, 0.4) is 0 Å². The van der Waals surface area contributed by atoms with Gasteiger partial charge >= 0.3 is 5.69 Å². The summed E-state index contributed by atoms with van der Waals surface area (Å²) in [5.74, 6) is -0.129. The third-order valence-corrected chi connectivity index (χ3v) is 6.13. The molecule has 1 aliphatic heterocycles. The Morgan fingerprint density at radius 1 is 0.818 bits per heavy atom. The van der Waals surface area contributed by atoms with Gasteiger partial charge in [0.25, 0.3) is 11.5 Å². The number of para-hydroxylation sites is 1. The average molecular weight is 461 g/mol. The van der Waals surface area contributed by atoms with E-state index in [0.29, 0.717) is 53.4 Å². The van der Waals surface area contributed by atoms with E-state index in [0.717, 1.165) is 10.3 Å². The van der Waals surface area contributed by atoms with Gasteiger partial charge in [0.05, 0.1) is 16.6 Å². The maximum Gasteiger partial charge on any atom is 0.333 e. The smallest absolute Gasteiger partial charge is 0.333 e. The third-order valence-electron chi connectivity index (χ3n) is 5.90. The molecule has 4 aromatic rings. The Morgan fingerprint density at radius 3 is 2.27 bits per heavy atom. The number of aromatic amines is 1. The van der Waals surface area contributed by atoms with E-state index in [9.17, 15) is 14.4 Å². The molecule has 0 radical (unpaired) electrons. The Bertz CT molecular complexity index is 1450. The van der Waals surface area contributed by atoms with Crippen molar-refractivity contribution in [2.75, 3.05) is 31.1 Å². The number of halogens is 1. The molecule has 8 heteroatoms. The van der Waals surface area contributed by atoms with Crippen molar-refractivity contribution in [1.29, 1.82) is 0 Å². The van der Waals surface area contributed by atoms with Gasteiger partial charge in [-0.25, -0.2) is 9.36 Å². The summed E-state index contributed by atoms with van der Waals surface area (Å²) in [7, 11) is 0. The molecule has 5 rings (SSSR count). The second kappa shape index (κ2) is 8.60. The molecule has 2 heterocycles. The third kappa shape index (κ3) is 4.03.